The summed E-state index contributed by atoms with van der Waals surface area (Å²) in [6.07, 6.45) is 7.02. The summed E-state index contributed by atoms with van der Waals surface area (Å²) in [6.45, 7) is 7.35. The second-order valence-electron chi connectivity index (χ2n) is 5.97. The van der Waals surface area contributed by atoms with E-state index in [2.05, 4.69) is 24.1 Å². The molecule has 0 bridgehead atoms. The number of carbonyl (C=O) groups excluding carboxylic acids is 1. The van der Waals surface area contributed by atoms with Gasteiger partial charge in [0.2, 0.25) is 0 Å². The quantitative estimate of drug-likeness (QED) is 0.592. The van der Waals surface area contributed by atoms with Gasteiger partial charge in [0.25, 0.3) is 0 Å². The molecule has 0 radical (unpaired) electrons. The smallest absolute Gasteiger partial charge is 0.327 e. The molecule has 4 heteroatoms. The van der Waals surface area contributed by atoms with E-state index in [4.69, 9.17) is 4.74 Å². The summed E-state index contributed by atoms with van der Waals surface area (Å²) in [5.74, 6) is 0.339. The van der Waals surface area contributed by atoms with Crippen molar-refractivity contribution in [2.45, 2.75) is 57.9 Å². The third-order valence-corrected chi connectivity index (χ3v) is 4.40. The van der Waals surface area contributed by atoms with E-state index < -0.39 is 5.54 Å². The minimum absolute atomic E-state index is 0.0968. The van der Waals surface area contributed by atoms with E-state index >= 15 is 0 Å². The van der Waals surface area contributed by atoms with E-state index in [9.17, 15) is 4.79 Å². The first-order valence-corrected chi connectivity index (χ1v) is 8.14. The fraction of sp³-hybridized carbons (Fsp3) is 0.938. The lowest BCUT2D eigenvalue weighted by Crippen LogP contribution is -2.60. The number of carbonyl (C=O) groups is 1. The van der Waals surface area contributed by atoms with Gasteiger partial charge in [0.05, 0.1) is 7.11 Å². The van der Waals surface area contributed by atoms with Crippen LogP contribution in [0.15, 0.2) is 0 Å². The van der Waals surface area contributed by atoms with Crippen LogP contribution in [0.3, 0.4) is 0 Å². The number of nitrogens with zero attached hydrogens (tertiary/aromatic N) is 1. The maximum absolute atomic E-state index is 12.3. The van der Waals surface area contributed by atoms with Gasteiger partial charge in [-0.2, -0.15) is 0 Å². The number of methoxy groups -OCH3 is 1. The Labute approximate surface area is 124 Å². The van der Waals surface area contributed by atoms with Crippen LogP contribution in [0.25, 0.3) is 0 Å². The highest BCUT2D eigenvalue weighted by molar-refractivity contribution is 5.82. The molecular weight excluding hydrogens is 252 g/mol. The molecule has 118 valence electrons. The van der Waals surface area contributed by atoms with E-state index in [0.29, 0.717) is 5.92 Å². The van der Waals surface area contributed by atoms with Gasteiger partial charge in [-0.3, -0.25) is 0 Å². The van der Waals surface area contributed by atoms with Crippen LogP contribution in [-0.2, 0) is 9.53 Å². The van der Waals surface area contributed by atoms with Crippen molar-refractivity contribution in [3.63, 3.8) is 0 Å². The van der Waals surface area contributed by atoms with Crippen molar-refractivity contribution in [2.24, 2.45) is 5.92 Å². The number of esters is 1. The van der Waals surface area contributed by atoms with Gasteiger partial charge >= 0.3 is 5.97 Å². The second kappa shape index (κ2) is 8.63. The van der Waals surface area contributed by atoms with Gasteiger partial charge in [-0.15, -0.1) is 0 Å². The number of likely N-dealkylation sites (N-methyl/N-ethyl adjacent to an activating group) is 1. The molecule has 1 unspecified atom stereocenters. The molecule has 0 amide bonds. The van der Waals surface area contributed by atoms with Gasteiger partial charge in [-0.1, -0.05) is 26.7 Å². The summed E-state index contributed by atoms with van der Waals surface area (Å²) in [4.78, 5) is 14.8. The molecule has 1 atom stereocenters. The van der Waals surface area contributed by atoms with Gasteiger partial charge in [0.1, 0.15) is 5.54 Å². The molecule has 20 heavy (non-hydrogen) atoms. The highest BCUT2D eigenvalue weighted by Gasteiger charge is 2.51. The van der Waals surface area contributed by atoms with E-state index in [0.717, 1.165) is 32.5 Å². The molecule has 1 rings (SSSR count). The first-order valence-electron chi connectivity index (χ1n) is 8.14. The Kier molecular flexibility index (Phi) is 7.52. The van der Waals surface area contributed by atoms with Gasteiger partial charge in [-0.05, 0) is 51.7 Å². The summed E-state index contributed by atoms with van der Waals surface area (Å²) in [6, 6.07) is 0. The van der Waals surface area contributed by atoms with Crippen LogP contribution >= 0.6 is 0 Å². The number of hydrogen-bond donors (Lipinski definition) is 1. The van der Waals surface area contributed by atoms with Gasteiger partial charge < -0.3 is 15.0 Å². The van der Waals surface area contributed by atoms with E-state index in [1.165, 1.54) is 32.8 Å². The Morgan fingerprint density at radius 3 is 2.15 bits per heavy atom. The molecule has 1 aliphatic rings. The van der Waals surface area contributed by atoms with Crippen molar-refractivity contribution in [1.29, 1.82) is 0 Å². The van der Waals surface area contributed by atoms with Crippen molar-refractivity contribution in [3.8, 4) is 0 Å². The normalized spacial score (nSPS) is 18.1. The van der Waals surface area contributed by atoms with Crippen molar-refractivity contribution in [1.82, 2.24) is 10.2 Å². The van der Waals surface area contributed by atoms with Crippen LogP contribution < -0.4 is 5.32 Å². The number of nitrogens with one attached hydrogen (secondary N) is 1. The molecule has 0 aromatic carbocycles. The minimum atomic E-state index is -0.504. The zero-order valence-corrected chi connectivity index (χ0v) is 13.7. The Morgan fingerprint density at radius 1 is 1.25 bits per heavy atom. The van der Waals surface area contributed by atoms with Crippen LogP contribution in [0.5, 0.6) is 0 Å². The molecule has 0 heterocycles. The number of unbranched alkanes of at least 4 members (excludes halogenated alkanes) is 2. The molecule has 0 aliphatic heterocycles. The topological polar surface area (TPSA) is 41.6 Å². The SMILES string of the molecule is CCCCN(CCCC)CC(NC)(C(=O)OC)C1CC1. The molecule has 0 saturated heterocycles. The summed E-state index contributed by atoms with van der Waals surface area (Å²) < 4.78 is 5.09. The van der Waals surface area contributed by atoms with Crippen molar-refractivity contribution >= 4 is 5.97 Å². The summed E-state index contributed by atoms with van der Waals surface area (Å²) in [5.41, 5.74) is -0.504. The fourth-order valence-electron chi connectivity index (χ4n) is 2.89. The Hall–Kier alpha value is -0.610. The average Bonchev–Trinajstić information content (AvgIpc) is 3.31. The zero-order valence-electron chi connectivity index (χ0n) is 13.7. The highest BCUT2D eigenvalue weighted by Crippen LogP contribution is 2.40. The van der Waals surface area contributed by atoms with Crippen molar-refractivity contribution < 1.29 is 9.53 Å². The van der Waals surface area contributed by atoms with Crippen LogP contribution in [0, 0.1) is 5.92 Å². The van der Waals surface area contributed by atoms with E-state index in [1.54, 1.807) is 0 Å². The average molecular weight is 284 g/mol. The summed E-state index contributed by atoms with van der Waals surface area (Å²) in [7, 11) is 3.40. The number of rotatable bonds is 11. The van der Waals surface area contributed by atoms with Crippen LogP contribution in [0.2, 0.25) is 0 Å². The lowest BCUT2D eigenvalue weighted by molar-refractivity contribution is -0.150. The maximum atomic E-state index is 12.3. The molecule has 0 spiro atoms. The van der Waals surface area contributed by atoms with Gasteiger partial charge in [0.15, 0.2) is 0 Å². The third kappa shape index (κ3) is 4.45. The summed E-state index contributed by atoms with van der Waals surface area (Å²) >= 11 is 0. The monoisotopic (exact) mass is 284 g/mol. The molecule has 1 saturated carbocycles. The highest BCUT2D eigenvalue weighted by atomic mass is 16.5. The second-order valence-corrected chi connectivity index (χ2v) is 5.97. The summed E-state index contributed by atoms with van der Waals surface area (Å²) in [5, 5.41) is 3.30. The van der Waals surface area contributed by atoms with Gasteiger partial charge in [-0.25, -0.2) is 4.79 Å². The first-order chi connectivity index (χ1) is 9.64. The lowest BCUT2D eigenvalue weighted by Gasteiger charge is -2.36. The Morgan fingerprint density at radius 2 is 1.80 bits per heavy atom. The zero-order chi connectivity index (χ0) is 15.0. The lowest BCUT2D eigenvalue weighted by atomic mass is 9.92. The van der Waals surface area contributed by atoms with E-state index in [1.807, 2.05) is 7.05 Å². The standard InChI is InChI=1S/C16H32N2O2/c1-5-7-11-18(12-8-6-2)13-16(17-3,14-9-10-14)15(19)20-4/h14,17H,5-13H2,1-4H3. The van der Waals surface area contributed by atoms with Crippen LogP contribution in [0.4, 0.5) is 0 Å². The Bertz CT molecular complexity index is 284. The van der Waals surface area contributed by atoms with Crippen LogP contribution in [-0.4, -0.2) is 50.2 Å². The maximum Gasteiger partial charge on any atom is 0.327 e. The minimum Gasteiger partial charge on any atom is -0.468 e. The molecular formula is C16H32N2O2. The molecule has 1 aliphatic carbocycles. The number of ether oxygens (including phenoxy) is 1. The largest absolute Gasteiger partial charge is 0.468 e. The Balaban J connectivity index is 2.74. The number of hydrogen-bond acceptors (Lipinski definition) is 4. The molecule has 1 N–H and O–H groups in total. The van der Waals surface area contributed by atoms with Crippen LogP contribution in [0.1, 0.15) is 52.4 Å². The predicted octanol–water partition coefficient (Wildman–Crippen LogP) is 2.43. The van der Waals surface area contributed by atoms with Gasteiger partial charge in [0, 0.05) is 6.54 Å². The molecule has 1 fully saturated rings. The fourth-order valence-corrected chi connectivity index (χ4v) is 2.89. The van der Waals surface area contributed by atoms with Crippen molar-refractivity contribution in [3.05, 3.63) is 0 Å². The predicted molar refractivity (Wildman–Crippen MR) is 82.8 cm³/mol. The molecule has 0 aromatic heterocycles. The molecule has 0 aromatic rings. The van der Waals surface area contributed by atoms with Crippen molar-refractivity contribution in [2.75, 3.05) is 33.8 Å². The molecule has 4 nitrogen and oxygen atoms in total. The first kappa shape index (κ1) is 17.4. The third-order valence-electron chi connectivity index (χ3n) is 4.40. The van der Waals surface area contributed by atoms with E-state index in [-0.39, 0.29) is 5.97 Å².